The lowest BCUT2D eigenvalue weighted by Crippen LogP contribution is -1.99. The van der Waals surface area contributed by atoms with Gasteiger partial charge in [-0.2, -0.15) is 0 Å². The number of para-hydroxylation sites is 1. The first-order valence-electron chi connectivity index (χ1n) is 8.63. The summed E-state index contributed by atoms with van der Waals surface area (Å²) in [5, 5.41) is 0.956. The molecule has 4 aromatic rings. The Hall–Kier alpha value is -3.47. The summed E-state index contributed by atoms with van der Waals surface area (Å²) in [5.41, 5.74) is 4.21. The summed E-state index contributed by atoms with van der Waals surface area (Å²) in [6.07, 6.45) is 0. The van der Waals surface area contributed by atoms with Crippen molar-refractivity contribution in [1.82, 2.24) is 15.0 Å². The predicted octanol–water partition coefficient (Wildman–Crippen LogP) is 4.68. The first-order valence-corrected chi connectivity index (χ1v) is 8.63. The van der Waals surface area contributed by atoms with Gasteiger partial charge >= 0.3 is 0 Å². The summed E-state index contributed by atoms with van der Waals surface area (Å²) in [4.78, 5) is 14.2. The van der Waals surface area contributed by atoms with E-state index in [1.165, 1.54) is 0 Å². The maximum Gasteiger partial charge on any atom is 0.179 e. The molecule has 0 aliphatic heterocycles. The van der Waals surface area contributed by atoms with Crippen LogP contribution in [0.3, 0.4) is 0 Å². The molecule has 0 saturated heterocycles. The zero-order valence-corrected chi connectivity index (χ0v) is 15.4. The maximum atomic E-state index is 5.60. The number of ether oxygens (including phenoxy) is 2. The van der Waals surface area contributed by atoms with Gasteiger partial charge in [-0.25, -0.2) is 15.0 Å². The second-order valence-corrected chi connectivity index (χ2v) is 6.14. The molecule has 0 bridgehead atoms. The number of methoxy groups -OCH3 is 2. The normalized spacial score (nSPS) is 10.8. The van der Waals surface area contributed by atoms with E-state index in [0.29, 0.717) is 11.6 Å². The van der Waals surface area contributed by atoms with Crippen LogP contribution in [0, 0.1) is 6.92 Å². The fourth-order valence-electron chi connectivity index (χ4n) is 3.06. The van der Waals surface area contributed by atoms with Crippen LogP contribution < -0.4 is 9.47 Å². The average Bonchev–Trinajstić information content (AvgIpc) is 2.72. The molecule has 4 rings (SSSR count). The molecule has 0 fully saturated rings. The molecule has 5 heteroatoms. The highest BCUT2D eigenvalue weighted by Gasteiger charge is 2.16. The fraction of sp³-hybridized carbons (Fsp3) is 0.136. The van der Waals surface area contributed by atoms with Gasteiger partial charge in [-0.1, -0.05) is 24.3 Å². The van der Waals surface area contributed by atoms with Crippen molar-refractivity contribution in [2.45, 2.75) is 6.92 Å². The van der Waals surface area contributed by atoms with E-state index in [4.69, 9.17) is 19.4 Å². The van der Waals surface area contributed by atoms with Gasteiger partial charge in [0, 0.05) is 22.7 Å². The molecule has 2 aromatic heterocycles. The molecule has 0 unspecified atom stereocenters. The van der Waals surface area contributed by atoms with E-state index in [0.717, 1.165) is 39.3 Å². The highest BCUT2D eigenvalue weighted by Crippen LogP contribution is 2.36. The molecule has 0 radical (unpaired) electrons. The van der Waals surface area contributed by atoms with Crippen LogP contribution in [0.1, 0.15) is 5.69 Å². The van der Waals surface area contributed by atoms with E-state index in [1.54, 1.807) is 14.2 Å². The van der Waals surface area contributed by atoms with Gasteiger partial charge in [-0.3, -0.25) is 0 Å². The van der Waals surface area contributed by atoms with Gasteiger partial charge in [0.15, 0.2) is 5.82 Å². The molecule has 134 valence electrons. The van der Waals surface area contributed by atoms with Crippen LogP contribution >= 0.6 is 0 Å². The molecular formula is C22H19N3O2. The molecule has 2 aromatic carbocycles. The molecule has 0 amide bonds. The minimum absolute atomic E-state index is 0.588. The summed E-state index contributed by atoms with van der Waals surface area (Å²) in [6, 6.07) is 19.5. The second-order valence-electron chi connectivity index (χ2n) is 6.14. The van der Waals surface area contributed by atoms with Crippen molar-refractivity contribution in [3.05, 3.63) is 66.4 Å². The number of nitrogens with zero attached hydrogens (tertiary/aromatic N) is 3. The number of rotatable bonds is 4. The van der Waals surface area contributed by atoms with Gasteiger partial charge in [0.1, 0.15) is 17.2 Å². The summed E-state index contributed by atoms with van der Waals surface area (Å²) < 4.78 is 10.9. The maximum absolute atomic E-state index is 5.60. The molecule has 0 N–H and O–H groups in total. The third-order valence-electron chi connectivity index (χ3n) is 4.38. The Labute approximate surface area is 157 Å². The minimum atomic E-state index is 0.588. The number of aromatic nitrogens is 3. The predicted molar refractivity (Wildman–Crippen MR) is 106 cm³/mol. The van der Waals surface area contributed by atoms with E-state index in [1.807, 2.05) is 67.6 Å². The third-order valence-corrected chi connectivity index (χ3v) is 4.38. The topological polar surface area (TPSA) is 57.1 Å². The Morgan fingerprint density at radius 3 is 2.41 bits per heavy atom. The summed E-state index contributed by atoms with van der Waals surface area (Å²) in [6.45, 7) is 1.96. The van der Waals surface area contributed by atoms with E-state index in [2.05, 4.69) is 4.98 Å². The lowest BCUT2D eigenvalue weighted by Gasteiger charge is -2.13. The standard InChI is InChI=1S/C22H19N3O2/c1-14-7-6-10-19(23-14)22-24-18-9-5-4-8-16(18)21(25-22)17-12-11-15(26-2)13-20(17)27-3/h4-13H,1-3H3. The quantitative estimate of drug-likeness (QED) is 0.530. The molecule has 27 heavy (non-hydrogen) atoms. The SMILES string of the molecule is COc1ccc(-c2nc(-c3cccc(C)n3)nc3ccccc23)c(OC)c1. The van der Waals surface area contributed by atoms with Gasteiger partial charge in [-0.05, 0) is 37.3 Å². The molecule has 0 saturated carbocycles. The smallest absolute Gasteiger partial charge is 0.179 e. The van der Waals surface area contributed by atoms with Crippen LogP contribution in [0.15, 0.2) is 60.7 Å². The van der Waals surface area contributed by atoms with Crippen molar-refractivity contribution in [2.24, 2.45) is 0 Å². The Morgan fingerprint density at radius 1 is 0.778 bits per heavy atom. The van der Waals surface area contributed by atoms with Crippen molar-refractivity contribution in [3.8, 4) is 34.3 Å². The number of hydrogen-bond donors (Lipinski definition) is 0. The summed E-state index contributed by atoms with van der Waals surface area (Å²) in [5.74, 6) is 2.01. The average molecular weight is 357 g/mol. The lowest BCUT2D eigenvalue weighted by molar-refractivity contribution is 0.395. The van der Waals surface area contributed by atoms with Crippen LogP contribution in [0.25, 0.3) is 33.7 Å². The lowest BCUT2D eigenvalue weighted by atomic mass is 10.0. The van der Waals surface area contributed by atoms with Crippen LogP contribution in [0.4, 0.5) is 0 Å². The zero-order valence-electron chi connectivity index (χ0n) is 15.4. The number of aryl methyl sites for hydroxylation is 1. The van der Waals surface area contributed by atoms with E-state index in [9.17, 15) is 0 Å². The van der Waals surface area contributed by atoms with Crippen molar-refractivity contribution in [1.29, 1.82) is 0 Å². The molecule has 0 spiro atoms. The highest BCUT2D eigenvalue weighted by molar-refractivity contribution is 5.95. The Morgan fingerprint density at radius 2 is 1.63 bits per heavy atom. The first kappa shape index (κ1) is 17.0. The minimum Gasteiger partial charge on any atom is -0.497 e. The van der Waals surface area contributed by atoms with Gasteiger partial charge in [0.25, 0.3) is 0 Å². The van der Waals surface area contributed by atoms with Gasteiger partial charge in [-0.15, -0.1) is 0 Å². The molecular weight excluding hydrogens is 338 g/mol. The zero-order chi connectivity index (χ0) is 18.8. The van der Waals surface area contributed by atoms with Gasteiger partial charge in [0.2, 0.25) is 0 Å². The highest BCUT2D eigenvalue weighted by atomic mass is 16.5. The van der Waals surface area contributed by atoms with Crippen molar-refractivity contribution in [2.75, 3.05) is 14.2 Å². The molecule has 0 atom stereocenters. The van der Waals surface area contributed by atoms with E-state index < -0.39 is 0 Å². The molecule has 2 heterocycles. The Kier molecular flexibility index (Phi) is 4.42. The van der Waals surface area contributed by atoms with Crippen LogP contribution in [0.5, 0.6) is 11.5 Å². The van der Waals surface area contributed by atoms with Crippen LogP contribution in [-0.4, -0.2) is 29.2 Å². The van der Waals surface area contributed by atoms with Gasteiger partial charge < -0.3 is 9.47 Å². The second kappa shape index (κ2) is 7.03. The Balaban J connectivity index is 2.00. The molecule has 0 aliphatic rings. The van der Waals surface area contributed by atoms with Gasteiger partial charge in [0.05, 0.1) is 25.4 Å². The third kappa shape index (κ3) is 3.19. The monoisotopic (exact) mass is 357 g/mol. The van der Waals surface area contributed by atoms with Crippen LogP contribution in [-0.2, 0) is 0 Å². The van der Waals surface area contributed by atoms with E-state index in [-0.39, 0.29) is 0 Å². The molecule has 5 nitrogen and oxygen atoms in total. The van der Waals surface area contributed by atoms with Crippen LogP contribution in [0.2, 0.25) is 0 Å². The fourth-order valence-corrected chi connectivity index (χ4v) is 3.06. The first-order chi connectivity index (χ1) is 13.2. The number of benzene rings is 2. The number of pyridine rings is 1. The molecule has 0 aliphatic carbocycles. The number of fused-ring (bicyclic) bond motifs is 1. The van der Waals surface area contributed by atoms with Crippen molar-refractivity contribution >= 4 is 10.9 Å². The summed E-state index contributed by atoms with van der Waals surface area (Å²) in [7, 11) is 3.28. The summed E-state index contributed by atoms with van der Waals surface area (Å²) >= 11 is 0. The van der Waals surface area contributed by atoms with Crippen molar-refractivity contribution in [3.63, 3.8) is 0 Å². The number of hydrogen-bond acceptors (Lipinski definition) is 5. The van der Waals surface area contributed by atoms with Crippen molar-refractivity contribution < 1.29 is 9.47 Å². The van der Waals surface area contributed by atoms with E-state index >= 15 is 0 Å². The largest absolute Gasteiger partial charge is 0.497 e. The Bertz CT molecular complexity index is 1130.